The monoisotopic (exact) mass is 273 g/mol. The van der Waals surface area contributed by atoms with E-state index < -0.39 is 0 Å². The molecule has 1 unspecified atom stereocenters. The summed E-state index contributed by atoms with van der Waals surface area (Å²) in [5.74, 6) is 0.740. The molecule has 0 bridgehead atoms. The van der Waals surface area contributed by atoms with Gasteiger partial charge in [0.1, 0.15) is 11.5 Å². The first kappa shape index (κ1) is 13.1. The molecule has 0 saturated carbocycles. The van der Waals surface area contributed by atoms with E-state index in [0.29, 0.717) is 5.65 Å². The fourth-order valence-corrected chi connectivity index (χ4v) is 2.77. The lowest BCUT2D eigenvalue weighted by Crippen LogP contribution is -2.48. The lowest BCUT2D eigenvalue weighted by atomic mass is 9.95. The van der Waals surface area contributed by atoms with Crippen LogP contribution in [-0.4, -0.2) is 35.2 Å². The van der Waals surface area contributed by atoms with Crippen molar-refractivity contribution in [1.29, 1.82) is 0 Å². The highest BCUT2D eigenvalue weighted by molar-refractivity contribution is 5.48. The largest absolute Gasteiger partial charge is 0.377 e. The minimum atomic E-state index is -0.165. The molecule has 3 heterocycles. The van der Waals surface area contributed by atoms with E-state index in [1.807, 2.05) is 18.2 Å². The minimum Gasteiger partial charge on any atom is -0.377 e. The second-order valence-electron chi connectivity index (χ2n) is 5.56. The summed E-state index contributed by atoms with van der Waals surface area (Å²) >= 11 is 0. The first-order valence-corrected chi connectivity index (χ1v) is 6.90. The highest BCUT2D eigenvalue weighted by Crippen LogP contribution is 2.26. The third kappa shape index (κ3) is 2.29. The Balaban J connectivity index is 2.00. The highest BCUT2D eigenvalue weighted by Gasteiger charge is 2.31. The Morgan fingerprint density at radius 1 is 1.40 bits per heavy atom. The van der Waals surface area contributed by atoms with Crippen molar-refractivity contribution >= 4 is 11.5 Å². The molecule has 1 aliphatic heterocycles. The van der Waals surface area contributed by atoms with Gasteiger partial charge >= 0.3 is 0 Å². The van der Waals surface area contributed by atoms with Crippen LogP contribution in [0.2, 0.25) is 0 Å². The Bertz CT molecular complexity index is 682. The summed E-state index contributed by atoms with van der Waals surface area (Å²) in [7, 11) is 1.74. The average Bonchev–Trinajstić information content (AvgIpc) is 2.47. The number of fused-ring (bicyclic) bond motifs is 1. The van der Waals surface area contributed by atoms with Gasteiger partial charge < -0.3 is 9.64 Å². The SMILES string of the molecule is COC1(C)CCCN(c2cc(=O)n3ccccc3n2)C1. The van der Waals surface area contributed by atoms with Crippen LogP contribution >= 0.6 is 0 Å². The van der Waals surface area contributed by atoms with Crippen molar-refractivity contribution in [2.24, 2.45) is 0 Å². The van der Waals surface area contributed by atoms with Crippen LogP contribution in [0.25, 0.3) is 5.65 Å². The van der Waals surface area contributed by atoms with Crippen LogP contribution in [0.4, 0.5) is 5.82 Å². The predicted molar refractivity (Wildman–Crippen MR) is 78.3 cm³/mol. The van der Waals surface area contributed by atoms with E-state index in [1.165, 1.54) is 0 Å². The molecule has 5 nitrogen and oxygen atoms in total. The molecule has 0 radical (unpaired) electrons. The number of piperidine rings is 1. The van der Waals surface area contributed by atoms with Crippen LogP contribution in [0, 0.1) is 0 Å². The fourth-order valence-electron chi connectivity index (χ4n) is 2.77. The van der Waals surface area contributed by atoms with Gasteiger partial charge in [0.25, 0.3) is 5.56 Å². The second kappa shape index (κ2) is 4.90. The zero-order valence-corrected chi connectivity index (χ0v) is 11.9. The molecule has 2 aromatic heterocycles. The van der Waals surface area contributed by atoms with Crippen molar-refractivity contribution in [2.75, 3.05) is 25.1 Å². The van der Waals surface area contributed by atoms with Crippen LogP contribution < -0.4 is 10.5 Å². The summed E-state index contributed by atoms with van der Waals surface area (Å²) in [5, 5.41) is 0. The first-order valence-electron chi connectivity index (χ1n) is 6.90. The van der Waals surface area contributed by atoms with Crippen molar-refractivity contribution in [1.82, 2.24) is 9.38 Å². The van der Waals surface area contributed by atoms with Gasteiger partial charge in [-0.15, -0.1) is 0 Å². The molecule has 20 heavy (non-hydrogen) atoms. The standard InChI is InChI=1S/C15H19N3O2/c1-15(20-2)7-5-8-17(11-15)13-10-14(19)18-9-4-3-6-12(18)16-13/h3-4,6,9-10H,5,7-8,11H2,1-2H3. The Kier molecular flexibility index (Phi) is 3.22. The number of ether oxygens (including phenoxy) is 1. The lowest BCUT2D eigenvalue weighted by Gasteiger charge is -2.40. The molecule has 1 saturated heterocycles. The molecule has 1 fully saturated rings. The summed E-state index contributed by atoms with van der Waals surface area (Å²) in [6.45, 7) is 3.78. The number of aromatic nitrogens is 2. The van der Waals surface area contributed by atoms with E-state index in [0.717, 1.165) is 31.7 Å². The quantitative estimate of drug-likeness (QED) is 0.835. The average molecular weight is 273 g/mol. The van der Waals surface area contributed by atoms with E-state index in [9.17, 15) is 4.79 Å². The predicted octanol–water partition coefficient (Wildman–Crippen LogP) is 1.70. The van der Waals surface area contributed by atoms with Crippen molar-refractivity contribution < 1.29 is 4.74 Å². The molecular weight excluding hydrogens is 254 g/mol. The number of hydrogen-bond acceptors (Lipinski definition) is 4. The van der Waals surface area contributed by atoms with Gasteiger partial charge in [-0.3, -0.25) is 9.20 Å². The van der Waals surface area contributed by atoms with Gasteiger partial charge in [0.05, 0.1) is 5.60 Å². The number of hydrogen-bond donors (Lipinski definition) is 0. The Morgan fingerprint density at radius 3 is 3.05 bits per heavy atom. The molecule has 5 heteroatoms. The summed E-state index contributed by atoms with van der Waals surface area (Å²) in [6, 6.07) is 7.18. The maximum atomic E-state index is 12.1. The van der Waals surface area contributed by atoms with Crippen LogP contribution in [0.1, 0.15) is 19.8 Å². The Hall–Kier alpha value is -1.88. The van der Waals surface area contributed by atoms with Crippen molar-refractivity contribution in [3.05, 3.63) is 40.8 Å². The fraction of sp³-hybridized carbons (Fsp3) is 0.467. The van der Waals surface area contributed by atoms with Gasteiger partial charge in [0, 0.05) is 32.5 Å². The molecule has 1 atom stereocenters. The molecular formula is C15H19N3O2. The Morgan fingerprint density at radius 2 is 2.25 bits per heavy atom. The van der Waals surface area contributed by atoms with Crippen LogP contribution in [0.3, 0.4) is 0 Å². The summed E-state index contributed by atoms with van der Waals surface area (Å²) in [6.07, 6.45) is 3.82. The first-order chi connectivity index (χ1) is 9.61. The number of rotatable bonds is 2. The molecule has 0 aromatic carbocycles. The van der Waals surface area contributed by atoms with Crippen LogP contribution in [0.5, 0.6) is 0 Å². The summed E-state index contributed by atoms with van der Waals surface area (Å²) in [4.78, 5) is 18.9. The molecule has 0 amide bonds. The maximum absolute atomic E-state index is 12.1. The number of anilines is 1. The lowest BCUT2D eigenvalue weighted by molar-refractivity contribution is -0.00481. The van der Waals surface area contributed by atoms with E-state index in [4.69, 9.17) is 4.74 Å². The van der Waals surface area contributed by atoms with Gasteiger partial charge in [-0.2, -0.15) is 0 Å². The van der Waals surface area contributed by atoms with E-state index >= 15 is 0 Å². The number of pyridine rings is 1. The van der Waals surface area contributed by atoms with E-state index in [1.54, 1.807) is 23.8 Å². The molecule has 106 valence electrons. The molecule has 1 aliphatic rings. The topological polar surface area (TPSA) is 46.8 Å². The van der Waals surface area contributed by atoms with Crippen LogP contribution in [-0.2, 0) is 4.74 Å². The molecule has 0 aliphatic carbocycles. The third-order valence-electron chi connectivity index (χ3n) is 4.03. The van der Waals surface area contributed by atoms with Crippen LogP contribution in [0.15, 0.2) is 35.3 Å². The van der Waals surface area contributed by atoms with E-state index in [-0.39, 0.29) is 11.2 Å². The summed E-state index contributed by atoms with van der Waals surface area (Å²) in [5.41, 5.74) is 0.469. The Labute approximate surface area is 117 Å². The van der Waals surface area contributed by atoms with Gasteiger partial charge in [-0.1, -0.05) is 6.07 Å². The minimum absolute atomic E-state index is 0.0460. The van der Waals surface area contributed by atoms with Gasteiger partial charge in [-0.05, 0) is 31.9 Å². The highest BCUT2D eigenvalue weighted by atomic mass is 16.5. The number of methoxy groups -OCH3 is 1. The third-order valence-corrected chi connectivity index (χ3v) is 4.03. The van der Waals surface area contributed by atoms with E-state index in [2.05, 4.69) is 16.8 Å². The van der Waals surface area contributed by atoms with Gasteiger partial charge in [0.2, 0.25) is 0 Å². The van der Waals surface area contributed by atoms with Crippen molar-refractivity contribution in [3.63, 3.8) is 0 Å². The molecule has 2 aromatic rings. The van der Waals surface area contributed by atoms with Gasteiger partial charge in [0.15, 0.2) is 0 Å². The smallest absolute Gasteiger partial charge is 0.259 e. The van der Waals surface area contributed by atoms with Gasteiger partial charge in [-0.25, -0.2) is 4.98 Å². The maximum Gasteiger partial charge on any atom is 0.259 e. The summed E-state index contributed by atoms with van der Waals surface area (Å²) < 4.78 is 7.15. The molecule has 0 spiro atoms. The normalized spacial score (nSPS) is 23.2. The van der Waals surface area contributed by atoms with Crippen molar-refractivity contribution in [2.45, 2.75) is 25.4 Å². The molecule has 3 rings (SSSR count). The number of nitrogens with zero attached hydrogens (tertiary/aromatic N) is 3. The molecule has 0 N–H and O–H groups in total. The van der Waals surface area contributed by atoms with Crippen molar-refractivity contribution in [3.8, 4) is 0 Å². The zero-order chi connectivity index (χ0) is 14.2. The zero-order valence-electron chi connectivity index (χ0n) is 11.9. The second-order valence-corrected chi connectivity index (χ2v) is 5.56.